The molecule has 0 aromatic heterocycles. The lowest BCUT2D eigenvalue weighted by atomic mass is 10.1. The molecule has 0 fully saturated rings. The molecule has 0 radical (unpaired) electrons. The average Bonchev–Trinajstić information content (AvgIpc) is 2.47. The van der Waals surface area contributed by atoms with Crippen molar-refractivity contribution in [1.29, 1.82) is 0 Å². The van der Waals surface area contributed by atoms with Crippen molar-refractivity contribution in [1.82, 2.24) is 4.90 Å². The monoisotopic (exact) mass is 261 g/mol. The fourth-order valence-corrected chi connectivity index (χ4v) is 2.12. The number of carbonyl (C=O) groups excluding carboxylic acids is 1. The van der Waals surface area contributed by atoms with E-state index in [2.05, 4.69) is 26.8 Å². The third-order valence-corrected chi connectivity index (χ3v) is 3.43. The Morgan fingerprint density at radius 1 is 1.05 bits per heavy atom. The molecule has 19 heavy (non-hydrogen) atoms. The quantitative estimate of drug-likeness (QED) is 0.683. The van der Waals surface area contributed by atoms with Crippen molar-refractivity contribution in [2.24, 2.45) is 0 Å². The summed E-state index contributed by atoms with van der Waals surface area (Å²) in [5.74, 6) is 0.192. The summed E-state index contributed by atoms with van der Waals surface area (Å²) < 4.78 is 0. The Bertz CT molecular complexity index is 379. The summed E-state index contributed by atoms with van der Waals surface area (Å²) in [6.45, 7) is 8.22. The van der Waals surface area contributed by atoms with E-state index >= 15 is 0 Å². The van der Waals surface area contributed by atoms with Gasteiger partial charge in [-0.25, -0.2) is 0 Å². The summed E-state index contributed by atoms with van der Waals surface area (Å²) in [7, 11) is 0. The van der Waals surface area contributed by atoms with Crippen LogP contribution in [0, 0.1) is 0 Å². The highest BCUT2D eigenvalue weighted by atomic mass is 16.2. The van der Waals surface area contributed by atoms with Crippen molar-refractivity contribution < 1.29 is 4.79 Å². The Labute approximate surface area is 117 Å². The van der Waals surface area contributed by atoms with Crippen molar-refractivity contribution in [3.05, 3.63) is 35.4 Å². The molecule has 1 aromatic rings. The van der Waals surface area contributed by atoms with E-state index in [0.29, 0.717) is 0 Å². The smallest absolute Gasteiger partial charge is 0.253 e. The van der Waals surface area contributed by atoms with E-state index < -0.39 is 0 Å². The molecule has 0 aliphatic heterocycles. The topological polar surface area (TPSA) is 20.3 Å². The van der Waals surface area contributed by atoms with Gasteiger partial charge in [0, 0.05) is 18.7 Å². The fraction of sp³-hybridized carbons (Fsp3) is 0.588. The molecule has 0 bridgehead atoms. The molecule has 0 unspecified atom stereocenters. The first-order valence-electron chi connectivity index (χ1n) is 7.61. The van der Waals surface area contributed by atoms with Gasteiger partial charge < -0.3 is 4.90 Å². The van der Waals surface area contributed by atoms with Crippen LogP contribution in [0.3, 0.4) is 0 Å². The molecule has 2 heteroatoms. The Kier molecular flexibility index (Phi) is 7.24. The second kappa shape index (κ2) is 8.73. The first-order chi connectivity index (χ1) is 9.22. The Balaban J connectivity index is 2.77. The first kappa shape index (κ1) is 15.7. The fourth-order valence-electron chi connectivity index (χ4n) is 2.12. The van der Waals surface area contributed by atoms with E-state index in [4.69, 9.17) is 0 Å². The van der Waals surface area contributed by atoms with Crippen LogP contribution in [0.15, 0.2) is 24.3 Å². The predicted molar refractivity (Wildman–Crippen MR) is 81.5 cm³/mol. The van der Waals surface area contributed by atoms with Gasteiger partial charge in [-0.1, -0.05) is 45.7 Å². The zero-order valence-electron chi connectivity index (χ0n) is 12.6. The van der Waals surface area contributed by atoms with Gasteiger partial charge in [-0.3, -0.25) is 4.79 Å². The molecule has 0 saturated carbocycles. The lowest BCUT2D eigenvalue weighted by Gasteiger charge is -2.22. The van der Waals surface area contributed by atoms with Gasteiger partial charge in [-0.15, -0.1) is 0 Å². The minimum Gasteiger partial charge on any atom is -0.339 e. The minimum absolute atomic E-state index is 0.192. The van der Waals surface area contributed by atoms with Crippen LogP contribution in [0.25, 0.3) is 0 Å². The molecule has 1 rings (SSSR count). The van der Waals surface area contributed by atoms with Crippen molar-refractivity contribution in [2.45, 2.75) is 52.9 Å². The number of rotatable bonds is 8. The van der Waals surface area contributed by atoms with Crippen LogP contribution in [0.4, 0.5) is 0 Å². The highest BCUT2D eigenvalue weighted by Crippen LogP contribution is 2.11. The third kappa shape index (κ3) is 5.06. The van der Waals surface area contributed by atoms with Crippen molar-refractivity contribution in [2.75, 3.05) is 13.1 Å². The van der Waals surface area contributed by atoms with E-state index in [0.717, 1.165) is 50.8 Å². The zero-order chi connectivity index (χ0) is 14.1. The SMILES string of the molecule is CCCCN(CCCC)C(=O)c1cccc(CC)c1. The Morgan fingerprint density at radius 2 is 1.68 bits per heavy atom. The van der Waals surface area contributed by atoms with Crippen molar-refractivity contribution in [3.8, 4) is 0 Å². The normalized spacial score (nSPS) is 10.5. The maximum atomic E-state index is 12.6. The van der Waals surface area contributed by atoms with Gasteiger partial charge in [0.25, 0.3) is 5.91 Å². The number of unbranched alkanes of at least 4 members (excludes halogenated alkanes) is 2. The molecule has 1 amide bonds. The van der Waals surface area contributed by atoms with Gasteiger partial charge in [-0.2, -0.15) is 0 Å². The van der Waals surface area contributed by atoms with Crippen molar-refractivity contribution in [3.63, 3.8) is 0 Å². The number of aryl methyl sites for hydroxylation is 1. The molecule has 2 nitrogen and oxygen atoms in total. The molecule has 0 atom stereocenters. The number of amides is 1. The van der Waals surface area contributed by atoms with Crippen LogP contribution in [0.2, 0.25) is 0 Å². The third-order valence-electron chi connectivity index (χ3n) is 3.43. The van der Waals surface area contributed by atoms with Crippen LogP contribution in [-0.2, 0) is 6.42 Å². The van der Waals surface area contributed by atoms with Gasteiger partial charge in [0.2, 0.25) is 0 Å². The highest BCUT2D eigenvalue weighted by molar-refractivity contribution is 5.94. The van der Waals surface area contributed by atoms with Crippen LogP contribution in [0.1, 0.15) is 62.4 Å². The van der Waals surface area contributed by atoms with Crippen molar-refractivity contribution >= 4 is 5.91 Å². The lowest BCUT2D eigenvalue weighted by Crippen LogP contribution is -2.33. The van der Waals surface area contributed by atoms with E-state index in [1.54, 1.807) is 0 Å². The number of nitrogens with zero attached hydrogens (tertiary/aromatic N) is 1. The zero-order valence-corrected chi connectivity index (χ0v) is 12.6. The second-order valence-corrected chi connectivity index (χ2v) is 5.05. The summed E-state index contributed by atoms with van der Waals surface area (Å²) in [6, 6.07) is 8.04. The molecule has 0 aliphatic rings. The summed E-state index contributed by atoms with van der Waals surface area (Å²) in [5.41, 5.74) is 2.07. The summed E-state index contributed by atoms with van der Waals surface area (Å²) >= 11 is 0. The molecule has 0 saturated heterocycles. The average molecular weight is 261 g/mol. The van der Waals surface area contributed by atoms with Gasteiger partial charge in [0.1, 0.15) is 0 Å². The number of benzene rings is 1. The minimum atomic E-state index is 0.192. The Morgan fingerprint density at radius 3 is 2.21 bits per heavy atom. The molecule has 0 aliphatic carbocycles. The summed E-state index contributed by atoms with van der Waals surface area (Å²) in [5, 5.41) is 0. The summed E-state index contributed by atoms with van der Waals surface area (Å²) in [4.78, 5) is 14.6. The van der Waals surface area contributed by atoms with Gasteiger partial charge in [0.05, 0.1) is 0 Å². The predicted octanol–water partition coefficient (Wildman–Crippen LogP) is 4.29. The van der Waals surface area contributed by atoms with Gasteiger partial charge >= 0.3 is 0 Å². The molecular weight excluding hydrogens is 234 g/mol. The second-order valence-electron chi connectivity index (χ2n) is 5.05. The number of hydrogen-bond donors (Lipinski definition) is 0. The summed E-state index contributed by atoms with van der Waals surface area (Å²) in [6.07, 6.45) is 5.41. The highest BCUT2D eigenvalue weighted by Gasteiger charge is 2.14. The lowest BCUT2D eigenvalue weighted by molar-refractivity contribution is 0.0751. The maximum absolute atomic E-state index is 12.6. The maximum Gasteiger partial charge on any atom is 0.253 e. The van der Waals surface area contributed by atoms with Gasteiger partial charge in [0.15, 0.2) is 0 Å². The molecular formula is C17H27NO. The van der Waals surface area contributed by atoms with Crippen LogP contribution < -0.4 is 0 Å². The van der Waals surface area contributed by atoms with Gasteiger partial charge in [-0.05, 0) is 37.0 Å². The van der Waals surface area contributed by atoms with Crippen LogP contribution in [-0.4, -0.2) is 23.9 Å². The number of carbonyl (C=O) groups is 1. The largest absolute Gasteiger partial charge is 0.339 e. The first-order valence-corrected chi connectivity index (χ1v) is 7.61. The molecule has 1 aromatic carbocycles. The Hall–Kier alpha value is -1.31. The van der Waals surface area contributed by atoms with E-state index in [9.17, 15) is 4.79 Å². The molecule has 0 spiro atoms. The van der Waals surface area contributed by atoms with E-state index in [1.807, 2.05) is 23.1 Å². The number of hydrogen-bond acceptors (Lipinski definition) is 1. The molecule has 0 N–H and O–H groups in total. The van der Waals surface area contributed by atoms with E-state index in [1.165, 1.54) is 5.56 Å². The molecule has 0 heterocycles. The van der Waals surface area contributed by atoms with Crippen LogP contribution in [0.5, 0.6) is 0 Å². The molecule has 106 valence electrons. The van der Waals surface area contributed by atoms with Crippen LogP contribution >= 0.6 is 0 Å². The van der Waals surface area contributed by atoms with E-state index in [-0.39, 0.29) is 5.91 Å². The standard InChI is InChI=1S/C17H27NO/c1-4-7-12-18(13-8-5-2)17(19)16-11-9-10-15(6-3)14-16/h9-11,14H,4-8,12-13H2,1-3H3.